The Bertz CT molecular complexity index is 566. The molecule has 0 aliphatic heterocycles. The minimum Gasteiger partial charge on any atom is -0.354 e. The molecule has 2 rings (SSSR count). The van der Waals surface area contributed by atoms with E-state index in [1.165, 1.54) is 11.3 Å². The first-order valence-electron chi connectivity index (χ1n) is 6.74. The molecular weight excluding hydrogens is 288 g/mol. The van der Waals surface area contributed by atoms with E-state index < -0.39 is 6.04 Å². The van der Waals surface area contributed by atoms with Gasteiger partial charge in [0, 0.05) is 25.5 Å². The van der Waals surface area contributed by atoms with Crippen molar-refractivity contribution in [2.75, 3.05) is 6.54 Å². The number of carbonyl (C=O) groups is 2. The van der Waals surface area contributed by atoms with Crippen LogP contribution in [0.5, 0.6) is 0 Å². The van der Waals surface area contributed by atoms with Crippen molar-refractivity contribution in [3.05, 3.63) is 41.1 Å². The highest BCUT2D eigenvalue weighted by Crippen LogP contribution is 2.08. The molecule has 0 bridgehead atoms. The van der Waals surface area contributed by atoms with Gasteiger partial charge in [0.1, 0.15) is 6.04 Å². The number of nitrogens with zero attached hydrogens (tertiary/aromatic N) is 2. The molecule has 0 fully saturated rings. The van der Waals surface area contributed by atoms with E-state index in [-0.39, 0.29) is 11.8 Å². The smallest absolute Gasteiger partial charge is 0.261 e. The summed E-state index contributed by atoms with van der Waals surface area (Å²) in [5.74, 6) is -0.392. The summed E-state index contributed by atoms with van der Waals surface area (Å²) in [7, 11) is 0. The second kappa shape index (κ2) is 7.58. The van der Waals surface area contributed by atoms with Gasteiger partial charge in [-0.1, -0.05) is 6.07 Å². The van der Waals surface area contributed by atoms with Crippen molar-refractivity contribution < 1.29 is 9.59 Å². The predicted molar refractivity (Wildman–Crippen MR) is 81.1 cm³/mol. The van der Waals surface area contributed by atoms with Crippen molar-refractivity contribution in [3.8, 4) is 0 Å². The van der Waals surface area contributed by atoms with E-state index in [1.54, 1.807) is 31.6 Å². The molecule has 0 aliphatic rings. The molecule has 1 atom stereocenters. The molecule has 112 valence electrons. The van der Waals surface area contributed by atoms with Crippen LogP contribution in [0.2, 0.25) is 0 Å². The summed E-state index contributed by atoms with van der Waals surface area (Å²) in [4.78, 5) is 28.2. The normalized spacial score (nSPS) is 11.9. The van der Waals surface area contributed by atoms with Crippen LogP contribution in [0.4, 0.5) is 0 Å². The fourth-order valence-corrected chi connectivity index (χ4v) is 2.41. The third kappa shape index (κ3) is 4.71. The first kappa shape index (κ1) is 15.2. The lowest BCUT2D eigenvalue weighted by Crippen LogP contribution is -2.45. The predicted octanol–water partition coefficient (Wildman–Crippen LogP) is 1.27. The lowest BCUT2D eigenvalue weighted by molar-refractivity contribution is -0.122. The topological polar surface area (TPSA) is 76.0 Å². The first-order chi connectivity index (χ1) is 10.2. The molecule has 7 heteroatoms. The molecule has 0 saturated heterocycles. The van der Waals surface area contributed by atoms with E-state index in [1.807, 2.05) is 16.1 Å². The van der Waals surface area contributed by atoms with E-state index >= 15 is 0 Å². The third-order valence-corrected chi connectivity index (χ3v) is 3.81. The number of carbonyl (C=O) groups excluding carboxylic acids is 2. The number of thiophene rings is 1. The summed E-state index contributed by atoms with van der Waals surface area (Å²) >= 11 is 1.35. The molecule has 1 unspecified atom stereocenters. The number of hydrogen-bond donors (Lipinski definition) is 2. The van der Waals surface area contributed by atoms with Crippen LogP contribution in [0.15, 0.2) is 36.2 Å². The van der Waals surface area contributed by atoms with Crippen LogP contribution in [-0.4, -0.2) is 34.0 Å². The molecular formula is C14H18N4O2S. The highest BCUT2D eigenvalue weighted by Gasteiger charge is 2.16. The number of rotatable bonds is 7. The standard InChI is InChI=1S/C14H18N4O2S/c1-11(17-14(20)12-4-2-9-21-12)13(19)16-5-3-7-18-8-6-15-10-18/h2,4,6,8-11H,3,5,7H2,1H3,(H,16,19)(H,17,20). The molecule has 21 heavy (non-hydrogen) atoms. The molecule has 2 aromatic rings. The third-order valence-electron chi connectivity index (χ3n) is 2.94. The van der Waals surface area contributed by atoms with Crippen LogP contribution in [0.1, 0.15) is 23.0 Å². The van der Waals surface area contributed by atoms with Crippen molar-refractivity contribution >= 4 is 23.2 Å². The Morgan fingerprint density at radius 3 is 3.00 bits per heavy atom. The molecule has 6 nitrogen and oxygen atoms in total. The quantitative estimate of drug-likeness (QED) is 0.756. The Morgan fingerprint density at radius 2 is 2.33 bits per heavy atom. The van der Waals surface area contributed by atoms with Crippen molar-refractivity contribution in [1.29, 1.82) is 0 Å². The van der Waals surface area contributed by atoms with Gasteiger partial charge in [-0.3, -0.25) is 9.59 Å². The Hall–Kier alpha value is -2.15. The lowest BCUT2D eigenvalue weighted by Gasteiger charge is -2.13. The van der Waals surface area contributed by atoms with Crippen LogP contribution in [0.3, 0.4) is 0 Å². The van der Waals surface area contributed by atoms with Crippen molar-refractivity contribution in [2.24, 2.45) is 0 Å². The lowest BCUT2D eigenvalue weighted by atomic mass is 10.3. The van der Waals surface area contributed by atoms with Gasteiger partial charge in [-0.25, -0.2) is 4.98 Å². The highest BCUT2D eigenvalue weighted by molar-refractivity contribution is 7.12. The number of amides is 2. The summed E-state index contributed by atoms with van der Waals surface area (Å²) in [6, 6.07) is 2.99. The number of nitrogens with one attached hydrogen (secondary N) is 2. The average molecular weight is 306 g/mol. The van der Waals surface area contributed by atoms with E-state index in [0.717, 1.165) is 13.0 Å². The minimum atomic E-state index is -0.548. The summed E-state index contributed by atoms with van der Waals surface area (Å²) in [6.45, 7) is 3.04. The summed E-state index contributed by atoms with van der Waals surface area (Å²) in [6.07, 6.45) is 6.16. The van der Waals surface area contributed by atoms with Crippen molar-refractivity contribution in [1.82, 2.24) is 20.2 Å². The van der Waals surface area contributed by atoms with Crippen molar-refractivity contribution in [3.63, 3.8) is 0 Å². The Balaban J connectivity index is 1.66. The van der Waals surface area contributed by atoms with Gasteiger partial charge in [0.15, 0.2) is 0 Å². The number of aromatic nitrogens is 2. The largest absolute Gasteiger partial charge is 0.354 e. The average Bonchev–Trinajstić information content (AvgIpc) is 3.15. The fraction of sp³-hybridized carbons (Fsp3) is 0.357. The summed E-state index contributed by atoms with van der Waals surface area (Å²) in [5.41, 5.74) is 0. The highest BCUT2D eigenvalue weighted by atomic mass is 32.1. The molecule has 2 heterocycles. The van der Waals surface area contributed by atoms with E-state index in [2.05, 4.69) is 15.6 Å². The molecule has 0 aromatic carbocycles. The molecule has 2 N–H and O–H groups in total. The summed E-state index contributed by atoms with van der Waals surface area (Å²) in [5, 5.41) is 7.32. The summed E-state index contributed by atoms with van der Waals surface area (Å²) < 4.78 is 1.95. The zero-order valence-corrected chi connectivity index (χ0v) is 12.6. The fourth-order valence-electron chi connectivity index (χ4n) is 1.79. The van der Waals surface area contributed by atoms with Crippen LogP contribution >= 0.6 is 11.3 Å². The molecule has 0 saturated carbocycles. The monoisotopic (exact) mass is 306 g/mol. The van der Waals surface area contributed by atoms with E-state index in [0.29, 0.717) is 11.4 Å². The van der Waals surface area contributed by atoms with Crippen LogP contribution in [0, 0.1) is 0 Å². The van der Waals surface area contributed by atoms with Gasteiger partial charge >= 0.3 is 0 Å². The van der Waals surface area contributed by atoms with Gasteiger partial charge in [-0.2, -0.15) is 0 Å². The molecule has 2 aromatic heterocycles. The zero-order chi connectivity index (χ0) is 15.1. The molecule has 0 radical (unpaired) electrons. The Morgan fingerprint density at radius 1 is 1.48 bits per heavy atom. The zero-order valence-electron chi connectivity index (χ0n) is 11.8. The first-order valence-corrected chi connectivity index (χ1v) is 7.62. The van der Waals surface area contributed by atoms with Gasteiger partial charge in [0.2, 0.25) is 5.91 Å². The molecule has 2 amide bonds. The maximum Gasteiger partial charge on any atom is 0.261 e. The van der Waals surface area contributed by atoms with Crippen molar-refractivity contribution in [2.45, 2.75) is 25.9 Å². The number of hydrogen-bond acceptors (Lipinski definition) is 4. The SMILES string of the molecule is CC(NC(=O)c1cccs1)C(=O)NCCCn1ccnc1. The second-order valence-corrected chi connectivity index (χ2v) is 5.57. The Labute approximate surface area is 127 Å². The van der Waals surface area contributed by atoms with Crippen LogP contribution < -0.4 is 10.6 Å². The maximum absolute atomic E-state index is 11.9. The van der Waals surface area contributed by atoms with Crippen LogP contribution in [-0.2, 0) is 11.3 Å². The van der Waals surface area contributed by atoms with E-state index in [4.69, 9.17) is 0 Å². The van der Waals surface area contributed by atoms with Gasteiger partial charge in [-0.15, -0.1) is 11.3 Å². The minimum absolute atomic E-state index is 0.175. The Kier molecular flexibility index (Phi) is 5.51. The molecule has 0 spiro atoms. The number of aryl methyl sites for hydroxylation is 1. The number of imidazole rings is 1. The van der Waals surface area contributed by atoms with E-state index in [9.17, 15) is 9.59 Å². The van der Waals surface area contributed by atoms with Gasteiger partial charge in [0.05, 0.1) is 11.2 Å². The van der Waals surface area contributed by atoms with Gasteiger partial charge in [-0.05, 0) is 24.8 Å². The second-order valence-electron chi connectivity index (χ2n) is 4.62. The molecule has 0 aliphatic carbocycles. The van der Waals surface area contributed by atoms with Gasteiger partial charge in [0.25, 0.3) is 5.91 Å². The maximum atomic E-state index is 11.9. The van der Waals surface area contributed by atoms with Crippen LogP contribution in [0.25, 0.3) is 0 Å². The van der Waals surface area contributed by atoms with Gasteiger partial charge < -0.3 is 15.2 Å².